The monoisotopic (exact) mass is 444 g/mol. The second kappa shape index (κ2) is 7.30. The van der Waals surface area contributed by atoms with Crippen LogP contribution in [0.1, 0.15) is 35.4 Å². The molecule has 4 aromatic rings. The lowest BCUT2D eigenvalue weighted by atomic mass is 9.95. The lowest BCUT2D eigenvalue weighted by Crippen LogP contribution is -2.33. The Morgan fingerprint density at radius 2 is 1.61 bits per heavy atom. The fraction of sp³-hybridized carbons (Fsp3) is 0.115. The van der Waals surface area contributed by atoms with Crippen molar-refractivity contribution in [1.29, 1.82) is 0 Å². The Kier molecular flexibility index (Phi) is 4.41. The third-order valence-corrected chi connectivity index (χ3v) is 6.57. The largest absolute Gasteiger partial charge is 0.464 e. The highest BCUT2D eigenvalue weighted by atomic mass is 35.5. The van der Waals surface area contributed by atoms with Gasteiger partial charge in [0, 0.05) is 22.6 Å². The van der Waals surface area contributed by atoms with Crippen LogP contribution in [0.25, 0.3) is 10.8 Å². The van der Waals surface area contributed by atoms with E-state index in [4.69, 9.17) is 33.0 Å². The van der Waals surface area contributed by atoms with Crippen molar-refractivity contribution in [3.8, 4) is 5.75 Å². The van der Waals surface area contributed by atoms with Crippen LogP contribution in [0.5, 0.6) is 5.75 Å². The summed E-state index contributed by atoms with van der Waals surface area (Å²) in [4.78, 5) is 0. The van der Waals surface area contributed by atoms with Crippen molar-refractivity contribution in [2.45, 2.75) is 18.7 Å². The van der Waals surface area contributed by atoms with Crippen LogP contribution in [-0.4, -0.2) is 10.7 Å². The van der Waals surface area contributed by atoms with Gasteiger partial charge in [-0.15, -0.1) is 0 Å². The molecule has 0 aromatic heterocycles. The fourth-order valence-corrected chi connectivity index (χ4v) is 4.99. The molecule has 0 bridgehead atoms. The molecule has 5 heteroatoms. The van der Waals surface area contributed by atoms with E-state index in [9.17, 15) is 0 Å². The van der Waals surface area contributed by atoms with Gasteiger partial charge in [0.1, 0.15) is 5.75 Å². The van der Waals surface area contributed by atoms with Crippen molar-refractivity contribution in [3.05, 3.63) is 112 Å². The van der Waals surface area contributed by atoms with Gasteiger partial charge in [-0.1, -0.05) is 83.9 Å². The standard InChI is InChI=1S/C26H18Cl2N2O/c27-19-11-12-20(22(28)14-19)26-30-24(21-7-3-4-8-25(21)31-26)15-23(29-30)18-10-9-16-5-1-2-6-17(16)13-18/h1-14,24,26H,15H2/t24-,26-/m1/s1. The summed E-state index contributed by atoms with van der Waals surface area (Å²) in [5, 5.41) is 10.7. The van der Waals surface area contributed by atoms with Gasteiger partial charge in [0.2, 0.25) is 6.23 Å². The molecule has 0 spiro atoms. The van der Waals surface area contributed by atoms with E-state index in [0.717, 1.165) is 34.6 Å². The molecular formula is C26H18Cl2N2O. The number of hydrazone groups is 1. The van der Waals surface area contributed by atoms with E-state index < -0.39 is 6.23 Å². The first-order chi connectivity index (χ1) is 15.2. The highest BCUT2D eigenvalue weighted by Gasteiger charge is 2.41. The summed E-state index contributed by atoms with van der Waals surface area (Å²) in [5.41, 5.74) is 4.18. The van der Waals surface area contributed by atoms with Crippen molar-refractivity contribution in [2.75, 3.05) is 0 Å². The maximum absolute atomic E-state index is 6.56. The van der Waals surface area contributed by atoms with Crippen molar-refractivity contribution in [3.63, 3.8) is 0 Å². The molecule has 0 N–H and O–H groups in total. The Bertz CT molecular complexity index is 1350. The van der Waals surface area contributed by atoms with E-state index in [2.05, 4.69) is 48.5 Å². The van der Waals surface area contributed by atoms with Crippen LogP contribution in [0.15, 0.2) is 90.0 Å². The number of benzene rings is 4. The number of fused-ring (bicyclic) bond motifs is 4. The highest BCUT2D eigenvalue weighted by Crippen LogP contribution is 2.48. The molecule has 152 valence electrons. The zero-order valence-electron chi connectivity index (χ0n) is 16.5. The predicted molar refractivity (Wildman–Crippen MR) is 126 cm³/mol. The second-order valence-electron chi connectivity index (χ2n) is 7.88. The van der Waals surface area contributed by atoms with Crippen LogP contribution >= 0.6 is 23.2 Å². The number of para-hydroxylation sites is 1. The predicted octanol–water partition coefficient (Wildman–Crippen LogP) is 7.39. The molecule has 0 radical (unpaired) electrons. The number of nitrogens with zero attached hydrogens (tertiary/aromatic N) is 2. The Morgan fingerprint density at radius 3 is 2.48 bits per heavy atom. The molecule has 0 amide bonds. The molecule has 0 fully saturated rings. The molecule has 2 atom stereocenters. The van der Waals surface area contributed by atoms with Gasteiger partial charge in [0.25, 0.3) is 0 Å². The van der Waals surface area contributed by atoms with E-state index >= 15 is 0 Å². The SMILES string of the molecule is Clc1ccc([C@H]2Oc3ccccc3[C@H]3CC(c4ccc5ccccc5c4)=NN32)c(Cl)c1. The second-order valence-corrected chi connectivity index (χ2v) is 8.73. The first-order valence-electron chi connectivity index (χ1n) is 10.2. The van der Waals surface area contributed by atoms with Crippen molar-refractivity contribution in [2.24, 2.45) is 5.10 Å². The third-order valence-electron chi connectivity index (χ3n) is 6.01. The minimum atomic E-state index is -0.414. The zero-order valence-corrected chi connectivity index (χ0v) is 18.0. The van der Waals surface area contributed by atoms with E-state index in [1.54, 1.807) is 6.07 Å². The van der Waals surface area contributed by atoms with E-state index in [-0.39, 0.29) is 6.04 Å². The number of hydrogen-bond acceptors (Lipinski definition) is 3. The minimum absolute atomic E-state index is 0.0863. The van der Waals surface area contributed by atoms with Crippen LogP contribution in [-0.2, 0) is 0 Å². The molecule has 6 rings (SSSR count). The van der Waals surface area contributed by atoms with Gasteiger partial charge in [-0.25, -0.2) is 5.01 Å². The molecule has 3 nitrogen and oxygen atoms in total. The van der Waals surface area contributed by atoms with Gasteiger partial charge in [0.05, 0.1) is 16.8 Å². The van der Waals surface area contributed by atoms with Crippen LogP contribution < -0.4 is 4.74 Å². The summed E-state index contributed by atoms with van der Waals surface area (Å²) in [6.45, 7) is 0. The zero-order chi connectivity index (χ0) is 20.9. The number of halogens is 2. The summed E-state index contributed by atoms with van der Waals surface area (Å²) < 4.78 is 6.40. The van der Waals surface area contributed by atoms with Crippen LogP contribution in [0, 0.1) is 0 Å². The smallest absolute Gasteiger partial charge is 0.215 e. The number of ether oxygens (including phenoxy) is 1. The number of hydrogen-bond donors (Lipinski definition) is 0. The maximum Gasteiger partial charge on any atom is 0.215 e. The molecule has 0 unspecified atom stereocenters. The summed E-state index contributed by atoms with van der Waals surface area (Å²) in [6.07, 6.45) is 0.392. The van der Waals surface area contributed by atoms with E-state index in [1.165, 1.54) is 10.8 Å². The molecule has 2 aliphatic heterocycles. The lowest BCUT2D eigenvalue weighted by Gasteiger charge is -2.38. The van der Waals surface area contributed by atoms with Crippen molar-refractivity contribution >= 4 is 39.7 Å². The van der Waals surface area contributed by atoms with E-state index in [1.807, 2.05) is 35.3 Å². The summed E-state index contributed by atoms with van der Waals surface area (Å²) in [7, 11) is 0. The molecule has 0 saturated heterocycles. The Labute approximate surface area is 190 Å². The molecule has 4 aromatic carbocycles. The van der Waals surface area contributed by atoms with Gasteiger partial charge in [-0.2, -0.15) is 5.10 Å². The molecule has 0 aliphatic carbocycles. The quantitative estimate of drug-likeness (QED) is 0.321. The average molecular weight is 445 g/mol. The molecular weight excluding hydrogens is 427 g/mol. The van der Waals surface area contributed by atoms with Crippen molar-refractivity contribution in [1.82, 2.24) is 5.01 Å². The van der Waals surface area contributed by atoms with Crippen LogP contribution in [0.2, 0.25) is 10.0 Å². The minimum Gasteiger partial charge on any atom is -0.464 e. The average Bonchev–Trinajstić information content (AvgIpc) is 3.24. The molecule has 31 heavy (non-hydrogen) atoms. The van der Waals surface area contributed by atoms with Crippen molar-refractivity contribution < 1.29 is 4.74 Å². The van der Waals surface area contributed by atoms with Crippen LogP contribution in [0.4, 0.5) is 0 Å². The first-order valence-corrected chi connectivity index (χ1v) is 11.0. The topological polar surface area (TPSA) is 24.8 Å². The first kappa shape index (κ1) is 18.7. The third kappa shape index (κ3) is 3.16. The van der Waals surface area contributed by atoms with Gasteiger partial charge in [-0.05, 0) is 40.6 Å². The fourth-order valence-electron chi connectivity index (χ4n) is 4.48. The van der Waals surface area contributed by atoms with Gasteiger partial charge in [-0.3, -0.25) is 0 Å². The Morgan fingerprint density at radius 1 is 0.806 bits per heavy atom. The van der Waals surface area contributed by atoms with E-state index in [0.29, 0.717) is 10.0 Å². The molecule has 2 aliphatic rings. The summed E-state index contributed by atoms with van der Waals surface area (Å²) >= 11 is 12.7. The van der Waals surface area contributed by atoms with Crippen LogP contribution in [0.3, 0.4) is 0 Å². The Hall–Kier alpha value is -3.01. The summed E-state index contributed by atoms with van der Waals surface area (Å²) in [6, 6.07) is 28.7. The summed E-state index contributed by atoms with van der Waals surface area (Å²) in [5.74, 6) is 0.870. The highest BCUT2D eigenvalue weighted by molar-refractivity contribution is 6.35. The maximum atomic E-state index is 6.56. The number of rotatable bonds is 2. The normalized spacial score (nSPS) is 19.5. The lowest BCUT2D eigenvalue weighted by molar-refractivity contribution is -0.0189. The van der Waals surface area contributed by atoms with Gasteiger partial charge >= 0.3 is 0 Å². The molecule has 2 heterocycles. The molecule has 0 saturated carbocycles. The van der Waals surface area contributed by atoms with Gasteiger partial charge in [0.15, 0.2) is 0 Å². The Balaban J connectivity index is 1.46. The van der Waals surface area contributed by atoms with Gasteiger partial charge < -0.3 is 4.74 Å².